The Bertz CT molecular complexity index is 234. The van der Waals surface area contributed by atoms with Gasteiger partial charge in [-0.05, 0) is 31.4 Å². The van der Waals surface area contributed by atoms with Crippen LogP contribution in [-0.4, -0.2) is 41.6 Å². The fraction of sp³-hybridized carbons (Fsp3) is 0.923. The smallest absolute Gasteiger partial charge is 0.317 e. The number of carbonyl (C=O) groups excluding carboxylic acids is 1. The normalized spacial score (nSPS) is 26.4. The third-order valence-electron chi connectivity index (χ3n) is 3.65. The van der Waals surface area contributed by atoms with Crippen molar-refractivity contribution in [1.29, 1.82) is 0 Å². The lowest BCUT2D eigenvalue weighted by molar-refractivity contribution is 0.200. The van der Waals surface area contributed by atoms with Gasteiger partial charge in [0.15, 0.2) is 0 Å². The fourth-order valence-electron chi connectivity index (χ4n) is 2.56. The molecule has 0 aromatic heterocycles. The zero-order valence-electron chi connectivity index (χ0n) is 10.6. The van der Waals surface area contributed by atoms with Gasteiger partial charge >= 0.3 is 6.03 Å². The summed E-state index contributed by atoms with van der Waals surface area (Å²) in [6.45, 7) is 2.76. The molecule has 0 aromatic rings. The van der Waals surface area contributed by atoms with Crippen LogP contribution in [-0.2, 0) is 0 Å². The zero-order chi connectivity index (χ0) is 11.9. The third kappa shape index (κ3) is 4.41. The molecule has 2 saturated heterocycles. The van der Waals surface area contributed by atoms with Gasteiger partial charge in [0, 0.05) is 24.9 Å². The molecule has 1 atom stereocenters. The van der Waals surface area contributed by atoms with Crippen LogP contribution in [0.15, 0.2) is 0 Å². The SMILES string of the molecule is O=C(NCC1CCCCS1)N1CCCCCC1. The van der Waals surface area contributed by atoms with Crippen molar-refractivity contribution >= 4 is 17.8 Å². The number of amides is 2. The Morgan fingerprint density at radius 3 is 2.53 bits per heavy atom. The molecule has 0 spiro atoms. The highest BCUT2D eigenvalue weighted by atomic mass is 32.2. The number of rotatable bonds is 2. The van der Waals surface area contributed by atoms with Crippen LogP contribution in [0.25, 0.3) is 0 Å². The van der Waals surface area contributed by atoms with Crippen molar-refractivity contribution in [3.05, 3.63) is 0 Å². The van der Waals surface area contributed by atoms with Crippen molar-refractivity contribution in [3.8, 4) is 0 Å². The van der Waals surface area contributed by atoms with Gasteiger partial charge in [-0.15, -0.1) is 0 Å². The Morgan fingerprint density at radius 1 is 1.12 bits per heavy atom. The predicted octanol–water partition coefficient (Wildman–Crippen LogP) is 2.86. The highest BCUT2D eigenvalue weighted by Crippen LogP contribution is 2.24. The molecule has 17 heavy (non-hydrogen) atoms. The fourth-order valence-corrected chi connectivity index (χ4v) is 3.79. The van der Waals surface area contributed by atoms with Crippen LogP contribution in [0.3, 0.4) is 0 Å². The summed E-state index contributed by atoms with van der Waals surface area (Å²) < 4.78 is 0. The summed E-state index contributed by atoms with van der Waals surface area (Å²) in [7, 11) is 0. The second-order valence-electron chi connectivity index (χ2n) is 5.08. The van der Waals surface area contributed by atoms with Crippen molar-refractivity contribution in [2.75, 3.05) is 25.4 Å². The summed E-state index contributed by atoms with van der Waals surface area (Å²) in [5.74, 6) is 1.27. The van der Waals surface area contributed by atoms with Gasteiger partial charge in [0.1, 0.15) is 0 Å². The number of nitrogens with one attached hydrogen (secondary N) is 1. The van der Waals surface area contributed by atoms with Crippen molar-refractivity contribution in [3.63, 3.8) is 0 Å². The molecule has 3 nitrogen and oxygen atoms in total. The van der Waals surface area contributed by atoms with E-state index in [-0.39, 0.29) is 6.03 Å². The highest BCUT2D eigenvalue weighted by Gasteiger charge is 2.18. The molecule has 1 N–H and O–H groups in total. The quantitative estimate of drug-likeness (QED) is 0.824. The molecule has 0 bridgehead atoms. The lowest BCUT2D eigenvalue weighted by Crippen LogP contribution is -2.43. The van der Waals surface area contributed by atoms with Crippen molar-refractivity contribution in [2.45, 2.75) is 50.2 Å². The summed E-state index contributed by atoms with van der Waals surface area (Å²) in [5.41, 5.74) is 0. The maximum absolute atomic E-state index is 12.0. The highest BCUT2D eigenvalue weighted by molar-refractivity contribution is 7.99. The summed E-state index contributed by atoms with van der Waals surface area (Å²) in [4.78, 5) is 14.0. The zero-order valence-corrected chi connectivity index (χ0v) is 11.4. The molecule has 4 heteroatoms. The van der Waals surface area contributed by atoms with E-state index in [2.05, 4.69) is 5.32 Å². The molecule has 2 rings (SSSR count). The van der Waals surface area contributed by atoms with E-state index in [9.17, 15) is 4.79 Å². The average molecular weight is 256 g/mol. The van der Waals surface area contributed by atoms with Gasteiger partial charge in [-0.2, -0.15) is 11.8 Å². The van der Waals surface area contributed by atoms with E-state index < -0.39 is 0 Å². The van der Waals surface area contributed by atoms with Crippen LogP contribution in [0, 0.1) is 0 Å². The van der Waals surface area contributed by atoms with E-state index in [1.165, 1.54) is 50.7 Å². The molecule has 2 aliphatic heterocycles. The van der Waals surface area contributed by atoms with Crippen molar-refractivity contribution in [2.24, 2.45) is 0 Å². The topological polar surface area (TPSA) is 32.3 Å². The maximum Gasteiger partial charge on any atom is 0.317 e. The Hall–Kier alpha value is -0.380. The standard InChI is InChI=1S/C13H24N2OS/c16-13(15-8-4-1-2-5-9-15)14-11-12-7-3-6-10-17-12/h12H,1-11H2,(H,14,16). The molecule has 0 aromatic carbocycles. The van der Waals surface area contributed by atoms with E-state index in [0.29, 0.717) is 5.25 Å². The average Bonchev–Trinajstić information content (AvgIpc) is 2.66. The summed E-state index contributed by atoms with van der Waals surface area (Å²) in [6.07, 6.45) is 8.85. The lowest BCUT2D eigenvalue weighted by Gasteiger charge is -2.25. The molecule has 98 valence electrons. The lowest BCUT2D eigenvalue weighted by atomic mass is 10.2. The maximum atomic E-state index is 12.0. The van der Waals surface area contributed by atoms with Gasteiger partial charge in [0.2, 0.25) is 0 Å². The van der Waals surface area contributed by atoms with Crippen LogP contribution < -0.4 is 5.32 Å². The van der Waals surface area contributed by atoms with E-state index in [0.717, 1.165) is 19.6 Å². The molecule has 0 saturated carbocycles. The van der Waals surface area contributed by atoms with E-state index in [1.54, 1.807) is 0 Å². The van der Waals surface area contributed by atoms with Crippen LogP contribution in [0.1, 0.15) is 44.9 Å². The number of carbonyl (C=O) groups is 1. The molecule has 2 heterocycles. The van der Waals surface area contributed by atoms with Gasteiger partial charge in [-0.25, -0.2) is 4.79 Å². The third-order valence-corrected chi connectivity index (χ3v) is 5.05. The Morgan fingerprint density at radius 2 is 1.88 bits per heavy atom. The number of nitrogens with zero attached hydrogens (tertiary/aromatic N) is 1. The minimum atomic E-state index is 0.165. The van der Waals surface area contributed by atoms with Crippen LogP contribution in [0.5, 0.6) is 0 Å². The van der Waals surface area contributed by atoms with E-state index >= 15 is 0 Å². The number of likely N-dealkylation sites (tertiary alicyclic amines) is 1. The first kappa shape index (κ1) is 13.1. The van der Waals surface area contributed by atoms with E-state index in [1.807, 2.05) is 16.7 Å². The van der Waals surface area contributed by atoms with Crippen LogP contribution >= 0.6 is 11.8 Å². The molecule has 2 aliphatic rings. The molecular formula is C13H24N2OS. The van der Waals surface area contributed by atoms with Crippen LogP contribution in [0.2, 0.25) is 0 Å². The Kier molecular flexibility index (Phi) is 5.49. The van der Waals surface area contributed by atoms with Crippen molar-refractivity contribution < 1.29 is 4.79 Å². The second-order valence-corrected chi connectivity index (χ2v) is 6.48. The number of hydrogen-bond donors (Lipinski definition) is 1. The Labute approximate surface area is 109 Å². The first-order valence-corrected chi connectivity index (χ1v) is 8.05. The minimum absolute atomic E-state index is 0.165. The van der Waals surface area contributed by atoms with Crippen molar-refractivity contribution in [1.82, 2.24) is 10.2 Å². The summed E-state index contributed by atoms with van der Waals surface area (Å²) >= 11 is 2.02. The molecule has 2 fully saturated rings. The minimum Gasteiger partial charge on any atom is -0.337 e. The number of hydrogen-bond acceptors (Lipinski definition) is 2. The molecule has 2 amide bonds. The first-order chi connectivity index (χ1) is 8.36. The van der Waals surface area contributed by atoms with Gasteiger partial charge in [-0.3, -0.25) is 0 Å². The monoisotopic (exact) mass is 256 g/mol. The summed E-state index contributed by atoms with van der Waals surface area (Å²) in [6, 6.07) is 0.165. The van der Waals surface area contributed by atoms with Gasteiger partial charge in [-0.1, -0.05) is 19.3 Å². The Balaban J connectivity index is 1.68. The predicted molar refractivity (Wildman–Crippen MR) is 73.5 cm³/mol. The summed E-state index contributed by atoms with van der Waals surface area (Å²) in [5, 5.41) is 3.77. The molecular weight excluding hydrogens is 232 g/mol. The van der Waals surface area contributed by atoms with Gasteiger partial charge < -0.3 is 10.2 Å². The molecule has 0 aliphatic carbocycles. The number of thioether (sulfide) groups is 1. The molecule has 0 radical (unpaired) electrons. The van der Waals surface area contributed by atoms with E-state index in [4.69, 9.17) is 0 Å². The number of urea groups is 1. The molecule has 1 unspecified atom stereocenters. The largest absolute Gasteiger partial charge is 0.337 e. The van der Waals surface area contributed by atoms with Gasteiger partial charge in [0.05, 0.1) is 0 Å². The van der Waals surface area contributed by atoms with Gasteiger partial charge in [0.25, 0.3) is 0 Å². The second kappa shape index (κ2) is 7.14. The first-order valence-electron chi connectivity index (χ1n) is 7.00. The van der Waals surface area contributed by atoms with Crippen LogP contribution in [0.4, 0.5) is 4.79 Å².